The highest BCUT2D eigenvalue weighted by Gasteiger charge is 2.24. The van der Waals surface area contributed by atoms with Gasteiger partial charge in [-0.3, -0.25) is 10.4 Å². The molecular formula is C22H22NO2. The van der Waals surface area contributed by atoms with Gasteiger partial charge in [0.2, 0.25) is 0 Å². The number of rotatable bonds is 3. The fourth-order valence-corrected chi connectivity index (χ4v) is 3.61. The first-order chi connectivity index (χ1) is 12.2. The van der Waals surface area contributed by atoms with Crippen molar-refractivity contribution in [2.24, 2.45) is 0 Å². The largest absolute Gasteiger partial charge is 0.475 e. The maximum atomic E-state index is 11.8. The third-order valence-electron chi connectivity index (χ3n) is 5.00. The van der Waals surface area contributed by atoms with Crippen molar-refractivity contribution in [3.63, 3.8) is 0 Å². The molecule has 1 saturated heterocycles. The summed E-state index contributed by atoms with van der Waals surface area (Å²) in [5.74, 6) is 1.38. The Bertz CT molecular complexity index is 865. The van der Waals surface area contributed by atoms with Crippen molar-refractivity contribution in [3.8, 4) is 11.5 Å². The van der Waals surface area contributed by atoms with E-state index in [1.54, 1.807) is 12.1 Å². The average molecular weight is 332 g/mol. The molecule has 127 valence electrons. The van der Waals surface area contributed by atoms with E-state index in [9.17, 15) is 5.11 Å². The fourth-order valence-electron chi connectivity index (χ4n) is 3.61. The maximum Gasteiger partial charge on any atom is 0.179 e. The van der Waals surface area contributed by atoms with Gasteiger partial charge in [0.25, 0.3) is 0 Å². The topological polar surface area (TPSA) is 41.2 Å². The summed E-state index contributed by atoms with van der Waals surface area (Å²) in [6, 6.07) is 19.8. The molecule has 0 aliphatic carbocycles. The highest BCUT2D eigenvalue weighted by atomic mass is 16.5. The van der Waals surface area contributed by atoms with Gasteiger partial charge in [-0.1, -0.05) is 42.0 Å². The van der Waals surface area contributed by atoms with Crippen molar-refractivity contribution in [1.29, 1.82) is 0 Å². The lowest BCUT2D eigenvalue weighted by Crippen LogP contribution is -2.41. The molecule has 3 aromatic carbocycles. The van der Waals surface area contributed by atoms with E-state index < -0.39 is 0 Å². The van der Waals surface area contributed by atoms with E-state index in [1.807, 2.05) is 18.2 Å². The minimum atomic E-state index is 0.0454. The summed E-state index contributed by atoms with van der Waals surface area (Å²) in [6.45, 7) is 2.93. The Labute approximate surface area is 148 Å². The first kappa shape index (κ1) is 16.0. The van der Waals surface area contributed by atoms with Crippen LogP contribution in [0.2, 0.25) is 0 Å². The number of hydrogen-bond acceptors (Lipinski definition) is 2. The van der Waals surface area contributed by atoms with Crippen LogP contribution < -0.4 is 10.1 Å². The molecule has 4 rings (SSSR count). The first-order valence-electron chi connectivity index (χ1n) is 8.85. The van der Waals surface area contributed by atoms with Gasteiger partial charge in [-0.05, 0) is 66.3 Å². The second-order valence-corrected chi connectivity index (χ2v) is 6.83. The molecule has 0 spiro atoms. The van der Waals surface area contributed by atoms with Crippen LogP contribution in [0.15, 0.2) is 60.7 Å². The van der Waals surface area contributed by atoms with E-state index >= 15 is 0 Å². The summed E-state index contributed by atoms with van der Waals surface area (Å²) in [4.78, 5) is 0. The van der Waals surface area contributed by atoms with E-state index in [0.717, 1.165) is 35.9 Å². The van der Waals surface area contributed by atoms with Crippen molar-refractivity contribution in [3.05, 3.63) is 71.8 Å². The van der Waals surface area contributed by atoms with Crippen LogP contribution in [0.4, 0.5) is 0 Å². The first-order valence-corrected chi connectivity index (χ1v) is 8.85. The van der Waals surface area contributed by atoms with Gasteiger partial charge in [0, 0.05) is 6.54 Å². The molecule has 1 aliphatic heterocycles. The Morgan fingerprint density at radius 1 is 1.00 bits per heavy atom. The predicted octanol–water partition coefficient (Wildman–Crippen LogP) is 5.16. The van der Waals surface area contributed by atoms with Gasteiger partial charge in [0.15, 0.2) is 5.75 Å². The predicted molar refractivity (Wildman–Crippen MR) is 99.7 cm³/mol. The molecule has 0 aromatic heterocycles. The van der Waals surface area contributed by atoms with Crippen LogP contribution in [0.1, 0.15) is 29.9 Å². The zero-order valence-electron chi connectivity index (χ0n) is 14.4. The van der Waals surface area contributed by atoms with Crippen LogP contribution >= 0.6 is 0 Å². The highest BCUT2D eigenvalue weighted by Crippen LogP contribution is 2.33. The zero-order chi connectivity index (χ0) is 17.2. The van der Waals surface area contributed by atoms with Gasteiger partial charge in [-0.15, -0.1) is 0 Å². The molecule has 3 nitrogen and oxygen atoms in total. The molecule has 1 N–H and O–H groups in total. The van der Waals surface area contributed by atoms with Crippen molar-refractivity contribution in [2.75, 3.05) is 6.54 Å². The van der Waals surface area contributed by atoms with E-state index in [0.29, 0.717) is 5.92 Å². The molecule has 2 atom stereocenters. The van der Waals surface area contributed by atoms with Crippen LogP contribution in [0, 0.1) is 6.92 Å². The molecule has 25 heavy (non-hydrogen) atoms. The highest BCUT2D eigenvalue weighted by molar-refractivity contribution is 5.87. The minimum absolute atomic E-state index is 0.0454. The summed E-state index contributed by atoms with van der Waals surface area (Å²) < 4.78 is 6.04. The Morgan fingerprint density at radius 3 is 2.60 bits per heavy atom. The Balaban J connectivity index is 1.47. The standard InChI is InChI=1S/C22H22NO2/c1-15-5-10-19(11-6-15)25-22-12-8-17(14-23-22)20-4-2-3-16-7-9-18(24)13-21(16)20/h2-7,9-11,13,17,22-23H,8,12,14H2,1H3. The summed E-state index contributed by atoms with van der Waals surface area (Å²) in [7, 11) is 0. The van der Waals surface area contributed by atoms with Crippen LogP contribution in [0.25, 0.3) is 10.8 Å². The average Bonchev–Trinajstić information content (AvgIpc) is 2.64. The summed E-state index contributed by atoms with van der Waals surface area (Å²) in [5.41, 5.74) is 2.49. The maximum absolute atomic E-state index is 11.8. The van der Waals surface area contributed by atoms with Crippen LogP contribution in [0.5, 0.6) is 11.5 Å². The molecule has 3 heteroatoms. The molecule has 0 saturated carbocycles. The molecule has 0 amide bonds. The van der Waals surface area contributed by atoms with E-state index in [-0.39, 0.29) is 12.0 Å². The van der Waals surface area contributed by atoms with Crippen molar-refractivity contribution >= 4 is 10.8 Å². The Hall–Kier alpha value is -2.52. The second kappa shape index (κ2) is 6.77. The molecule has 2 unspecified atom stereocenters. The summed E-state index contributed by atoms with van der Waals surface area (Å²) >= 11 is 0. The summed E-state index contributed by atoms with van der Waals surface area (Å²) in [5, 5.41) is 17.5. The smallest absolute Gasteiger partial charge is 0.179 e. The number of fused-ring (bicyclic) bond motifs is 1. The zero-order valence-corrected chi connectivity index (χ0v) is 14.4. The molecule has 1 heterocycles. The van der Waals surface area contributed by atoms with E-state index in [4.69, 9.17) is 4.74 Å². The molecule has 1 radical (unpaired) electrons. The van der Waals surface area contributed by atoms with E-state index in [1.165, 1.54) is 11.1 Å². The van der Waals surface area contributed by atoms with Crippen LogP contribution in [-0.2, 0) is 5.11 Å². The molecular weight excluding hydrogens is 310 g/mol. The third-order valence-corrected chi connectivity index (χ3v) is 5.00. The number of piperidine rings is 1. The quantitative estimate of drug-likeness (QED) is 0.719. The number of nitrogens with one attached hydrogen (secondary N) is 1. The van der Waals surface area contributed by atoms with Gasteiger partial charge in [0.05, 0.1) is 0 Å². The number of aryl methyl sites for hydroxylation is 1. The monoisotopic (exact) mass is 332 g/mol. The lowest BCUT2D eigenvalue weighted by molar-refractivity contribution is 0.125. The van der Waals surface area contributed by atoms with Crippen molar-refractivity contribution < 1.29 is 9.84 Å². The Morgan fingerprint density at radius 2 is 1.84 bits per heavy atom. The van der Waals surface area contributed by atoms with Gasteiger partial charge in [0.1, 0.15) is 12.0 Å². The third kappa shape index (κ3) is 3.47. The van der Waals surface area contributed by atoms with Gasteiger partial charge < -0.3 is 4.74 Å². The number of ether oxygens (including phenoxy) is 1. The summed E-state index contributed by atoms with van der Waals surface area (Å²) in [6.07, 6.45) is 2.04. The van der Waals surface area contributed by atoms with Crippen molar-refractivity contribution in [2.45, 2.75) is 31.9 Å². The molecule has 1 aliphatic rings. The molecule has 3 aromatic rings. The lowest BCUT2D eigenvalue weighted by atomic mass is 9.87. The second-order valence-electron chi connectivity index (χ2n) is 6.83. The molecule has 0 bridgehead atoms. The van der Waals surface area contributed by atoms with Crippen LogP contribution in [0.3, 0.4) is 0 Å². The van der Waals surface area contributed by atoms with Crippen LogP contribution in [-0.4, -0.2) is 12.8 Å². The van der Waals surface area contributed by atoms with Gasteiger partial charge >= 0.3 is 0 Å². The normalized spacial score (nSPS) is 20.5. The van der Waals surface area contributed by atoms with Gasteiger partial charge in [-0.25, -0.2) is 0 Å². The number of hydrogen-bond donors (Lipinski definition) is 1. The lowest BCUT2D eigenvalue weighted by Gasteiger charge is -2.31. The molecule has 1 fully saturated rings. The Kier molecular flexibility index (Phi) is 4.33. The number of benzene rings is 3. The minimum Gasteiger partial charge on any atom is -0.475 e. The van der Waals surface area contributed by atoms with Gasteiger partial charge in [-0.2, -0.15) is 0 Å². The van der Waals surface area contributed by atoms with E-state index in [2.05, 4.69) is 42.6 Å². The fraction of sp³-hybridized carbons (Fsp3) is 0.273. The SMILES string of the molecule is Cc1ccc(OC2CCC(c3cccc4ccc([O])cc34)CN2)cc1. The van der Waals surface area contributed by atoms with Crippen molar-refractivity contribution in [1.82, 2.24) is 5.32 Å².